The molecule has 180 valence electrons. The van der Waals surface area contributed by atoms with Crippen molar-refractivity contribution >= 4 is 17.9 Å². The average molecular weight is 470 g/mol. The predicted molar refractivity (Wildman–Crippen MR) is 119 cm³/mol. The summed E-state index contributed by atoms with van der Waals surface area (Å²) >= 11 is 0. The van der Waals surface area contributed by atoms with E-state index < -0.39 is 48.6 Å². The number of rotatable bonds is 9. The van der Waals surface area contributed by atoms with E-state index in [1.807, 2.05) is 0 Å². The number of aliphatic hydroxyl groups is 1. The highest BCUT2D eigenvalue weighted by atomic mass is 16.7. The van der Waals surface area contributed by atoms with Crippen LogP contribution in [0.3, 0.4) is 0 Å². The second kappa shape index (κ2) is 12.1. The molecule has 0 aromatic heterocycles. The molecule has 1 heterocycles. The fourth-order valence-electron chi connectivity index (χ4n) is 3.34. The van der Waals surface area contributed by atoms with Crippen molar-refractivity contribution in [1.29, 1.82) is 0 Å². The molecule has 5 atom stereocenters. The molecule has 1 fully saturated rings. The molecule has 1 saturated heterocycles. The zero-order valence-electron chi connectivity index (χ0n) is 18.6. The van der Waals surface area contributed by atoms with Gasteiger partial charge in [0.25, 0.3) is 0 Å². The fraction of sp³-hybridized carbons (Fsp3) is 0.320. The predicted octanol–water partition coefficient (Wildman–Crippen LogP) is 2.29. The Kier molecular flexibility index (Phi) is 8.92. The molecule has 3 rings (SSSR count). The van der Waals surface area contributed by atoms with Gasteiger partial charge >= 0.3 is 17.9 Å². The second-order valence-corrected chi connectivity index (χ2v) is 7.43. The number of aliphatic hydroxyl groups excluding tert-OH is 1. The Morgan fingerprint density at radius 2 is 1.47 bits per heavy atom. The Bertz CT molecular complexity index is 976. The van der Waals surface area contributed by atoms with E-state index >= 15 is 0 Å². The van der Waals surface area contributed by atoms with Gasteiger partial charge in [-0.05, 0) is 24.3 Å². The molecule has 9 nitrogen and oxygen atoms in total. The summed E-state index contributed by atoms with van der Waals surface area (Å²) in [6.45, 7) is 4.46. The summed E-state index contributed by atoms with van der Waals surface area (Å²) in [7, 11) is 0. The second-order valence-electron chi connectivity index (χ2n) is 7.43. The molecule has 1 aliphatic heterocycles. The van der Waals surface area contributed by atoms with Gasteiger partial charge in [0.05, 0.1) is 17.7 Å². The van der Waals surface area contributed by atoms with Gasteiger partial charge in [0.2, 0.25) is 0 Å². The Morgan fingerprint density at radius 3 is 1.97 bits per heavy atom. The topological polar surface area (TPSA) is 118 Å². The molecule has 34 heavy (non-hydrogen) atoms. The average Bonchev–Trinajstić information content (AvgIpc) is 2.85. The zero-order chi connectivity index (χ0) is 24.5. The molecule has 0 unspecified atom stereocenters. The van der Waals surface area contributed by atoms with Crippen LogP contribution in [0, 0.1) is 0 Å². The van der Waals surface area contributed by atoms with Crippen LogP contribution in [0.1, 0.15) is 27.6 Å². The molecule has 0 aliphatic carbocycles. The molecule has 1 N–H and O–H groups in total. The Labute approximate surface area is 196 Å². The fourth-order valence-corrected chi connectivity index (χ4v) is 3.34. The highest BCUT2D eigenvalue weighted by Gasteiger charge is 2.50. The largest absolute Gasteiger partial charge is 0.463 e. The van der Waals surface area contributed by atoms with Crippen LogP contribution >= 0.6 is 0 Å². The summed E-state index contributed by atoms with van der Waals surface area (Å²) in [4.78, 5) is 37.0. The van der Waals surface area contributed by atoms with Gasteiger partial charge in [0.1, 0.15) is 18.8 Å². The maximum absolute atomic E-state index is 12.8. The lowest BCUT2D eigenvalue weighted by Gasteiger charge is -2.42. The monoisotopic (exact) mass is 470 g/mol. The molecule has 9 heteroatoms. The third-order valence-electron chi connectivity index (χ3n) is 4.95. The van der Waals surface area contributed by atoms with E-state index in [0.29, 0.717) is 0 Å². The van der Waals surface area contributed by atoms with Crippen molar-refractivity contribution in [3.8, 4) is 0 Å². The third kappa shape index (κ3) is 6.50. The van der Waals surface area contributed by atoms with Crippen molar-refractivity contribution in [3.63, 3.8) is 0 Å². The van der Waals surface area contributed by atoms with Crippen LogP contribution in [-0.2, 0) is 28.5 Å². The number of esters is 3. The van der Waals surface area contributed by atoms with Gasteiger partial charge in [-0.3, -0.25) is 4.79 Å². The van der Waals surface area contributed by atoms with E-state index in [4.69, 9.17) is 23.7 Å². The van der Waals surface area contributed by atoms with E-state index in [9.17, 15) is 19.5 Å². The van der Waals surface area contributed by atoms with Crippen LogP contribution in [0.25, 0.3) is 0 Å². The molecule has 0 saturated carbocycles. The quantitative estimate of drug-likeness (QED) is 0.335. The Hall–Kier alpha value is -3.53. The first-order valence-electron chi connectivity index (χ1n) is 10.6. The van der Waals surface area contributed by atoms with Crippen LogP contribution in [0.2, 0.25) is 0 Å². The van der Waals surface area contributed by atoms with Crippen LogP contribution in [-0.4, -0.2) is 66.9 Å². The highest BCUT2D eigenvalue weighted by Crippen LogP contribution is 2.29. The number of carbonyl (C=O) groups excluding carboxylic acids is 3. The smallest absolute Gasteiger partial charge is 0.338 e. The van der Waals surface area contributed by atoms with Gasteiger partial charge in [-0.15, -0.1) is 6.58 Å². The molecule has 0 bridgehead atoms. The lowest BCUT2D eigenvalue weighted by molar-refractivity contribution is -0.297. The van der Waals surface area contributed by atoms with Gasteiger partial charge in [0.15, 0.2) is 18.5 Å². The zero-order valence-corrected chi connectivity index (χ0v) is 18.6. The third-order valence-corrected chi connectivity index (χ3v) is 4.95. The van der Waals surface area contributed by atoms with Crippen molar-refractivity contribution in [2.45, 2.75) is 37.6 Å². The standard InChI is InChI=1S/C25H26O9/c1-3-14-30-25-20(27)22(34-24(29)18-12-8-5-9-13-18)21(19(32-25)15-31-16(2)26)33-23(28)17-10-6-4-7-11-17/h3-13,19-22,25,27H,1,14-15H2,2H3/t19-,20+,21-,22-,25+/m1/s1. The number of benzene rings is 2. The van der Waals surface area contributed by atoms with E-state index in [1.165, 1.54) is 13.0 Å². The molecular weight excluding hydrogens is 444 g/mol. The Morgan fingerprint density at radius 1 is 0.941 bits per heavy atom. The maximum Gasteiger partial charge on any atom is 0.338 e. The van der Waals surface area contributed by atoms with Crippen molar-refractivity contribution in [2.75, 3.05) is 13.2 Å². The van der Waals surface area contributed by atoms with E-state index in [2.05, 4.69) is 6.58 Å². The minimum atomic E-state index is -1.52. The van der Waals surface area contributed by atoms with E-state index in [1.54, 1.807) is 60.7 Å². The molecular formula is C25H26O9. The SMILES string of the molecule is C=CCO[C@H]1O[C@H](COC(C)=O)[C@@H](OC(=O)c2ccccc2)[C@H](OC(=O)c2ccccc2)[C@@H]1O. The van der Waals surface area contributed by atoms with Crippen LogP contribution in [0.4, 0.5) is 0 Å². The van der Waals surface area contributed by atoms with Crippen molar-refractivity contribution in [2.24, 2.45) is 0 Å². The van der Waals surface area contributed by atoms with Crippen molar-refractivity contribution in [3.05, 3.63) is 84.4 Å². The molecule has 0 spiro atoms. The summed E-state index contributed by atoms with van der Waals surface area (Å²) in [5.41, 5.74) is 0.468. The Balaban J connectivity index is 1.91. The van der Waals surface area contributed by atoms with Crippen LogP contribution < -0.4 is 0 Å². The van der Waals surface area contributed by atoms with Crippen molar-refractivity contribution in [1.82, 2.24) is 0 Å². The minimum Gasteiger partial charge on any atom is -0.463 e. The number of hydrogen-bond donors (Lipinski definition) is 1. The lowest BCUT2D eigenvalue weighted by Crippen LogP contribution is -2.62. The summed E-state index contributed by atoms with van der Waals surface area (Å²) in [6.07, 6.45) is -5.12. The van der Waals surface area contributed by atoms with Gasteiger partial charge in [-0.25, -0.2) is 9.59 Å². The first-order chi connectivity index (χ1) is 16.4. The normalized spacial score (nSPS) is 24.0. The summed E-state index contributed by atoms with van der Waals surface area (Å²) in [5.74, 6) is -2.08. The maximum atomic E-state index is 12.8. The highest BCUT2D eigenvalue weighted by molar-refractivity contribution is 5.90. The molecule has 0 amide bonds. The number of carbonyl (C=O) groups is 3. The van der Waals surface area contributed by atoms with E-state index in [0.717, 1.165) is 0 Å². The first kappa shape index (κ1) is 25.1. The summed E-state index contributed by atoms with van der Waals surface area (Å²) in [5, 5.41) is 10.9. The molecule has 2 aromatic carbocycles. The van der Waals surface area contributed by atoms with E-state index in [-0.39, 0.29) is 24.3 Å². The van der Waals surface area contributed by atoms with Crippen LogP contribution in [0.5, 0.6) is 0 Å². The number of hydrogen-bond acceptors (Lipinski definition) is 9. The van der Waals surface area contributed by atoms with Gasteiger partial charge < -0.3 is 28.8 Å². The molecule has 1 aliphatic rings. The van der Waals surface area contributed by atoms with Crippen LogP contribution in [0.15, 0.2) is 73.3 Å². The first-order valence-corrected chi connectivity index (χ1v) is 10.6. The van der Waals surface area contributed by atoms with Crippen molar-refractivity contribution < 1.29 is 43.2 Å². The summed E-state index contributed by atoms with van der Waals surface area (Å²) < 4.78 is 27.5. The summed E-state index contributed by atoms with van der Waals surface area (Å²) in [6, 6.07) is 16.3. The lowest BCUT2D eigenvalue weighted by atomic mass is 9.98. The minimum absolute atomic E-state index is 0.0236. The molecule has 0 radical (unpaired) electrons. The number of ether oxygens (including phenoxy) is 5. The molecule has 2 aromatic rings. The van der Waals surface area contributed by atoms with Gasteiger partial charge in [-0.2, -0.15) is 0 Å². The van der Waals surface area contributed by atoms with Gasteiger partial charge in [-0.1, -0.05) is 42.5 Å². The van der Waals surface area contributed by atoms with Gasteiger partial charge in [0, 0.05) is 6.92 Å².